The van der Waals surface area contributed by atoms with Gasteiger partial charge in [-0.3, -0.25) is 0 Å². The summed E-state index contributed by atoms with van der Waals surface area (Å²) in [5.41, 5.74) is 5.95. The van der Waals surface area contributed by atoms with Crippen molar-refractivity contribution in [2.45, 2.75) is 64.0 Å². The molecule has 0 aliphatic heterocycles. The number of hydrogen-bond donors (Lipinski definition) is 2. The monoisotopic (exact) mass is 223 g/mol. The van der Waals surface area contributed by atoms with Gasteiger partial charge in [0.05, 0.1) is 5.60 Å². The topological polar surface area (TPSA) is 46.2 Å². The Kier molecular flexibility index (Phi) is 2.23. The third-order valence-corrected chi connectivity index (χ3v) is 5.51. The molecule has 0 spiro atoms. The van der Waals surface area contributed by atoms with Gasteiger partial charge in [-0.25, -0.2) is 0 Å². The van der Waals surface area contributed by atoms with Crippen LogP contribution in [-0.4, -0.2) is 16.7 Å². The maximum atomic E-state index is 10.2. The summed E-state index contributed by atoms with van der Waals surface area (Å²) in [6.07, 6.45) is 8.17. The van der Waals surface area contributed by atoms with Crippen LogP contribution in [0.5, 0.6) is 0 Å². The molecule has 4 fully saturated rings. The number of rotatable bonds is 2. The van der Waals surface area contributed by atoms with Crippen LogP contribution >= 0.6 is 0 Å². The second kappa shape index (κ2) is 3.23. The van der Waals surface area contributed by atoms with Crippen molar-refractivity contribution in [2.75, 3.05) is 0 Å². The van der Waals surface area contributed by atoms with E-state index in [0.29, 0.717) is 0 Å². The Hall–Kier alpha value is -0.0800. The molecule has 0 aromatic rings. The van der Waals surface area contributed by atoms with E-state index < -0.39 is 5.60 Å². The summed E-state index contributed by atoms with van der Waals surface area (Å²) in [6.45, 7) is 3.77. The highest BCUT2D eigenvalue weighted by molar-refractivity contribution is 5.08. The minimum absolute atomic E-state index is 0.0339. The van der Waals surface area contributed by atoms with Crippen LogP contribution in [0.15, 0.2) is 0 Å². The normalized spacial score (nSPS) is 48.4. The van der Waals surface area contributed by atoms with Gasteiger partial charge in [-0.15, -0.1) is 0 Å². The molecular formula is C14H25NO. The molecule has 92 valence electrons. The molecule has 0 radical (unpaired) electrons. The standard InChI is InChI=1S/C14H25NO/c1-13(2,16)12(15)14-6-9-3-10(7-14)5-11(4-9)8-14/h9-12,16H,3-8,15H2,1-2H3. The van der Waals surface area contributed by atoms with E-state index in [0.717, 1.165) is 17.8 Å². The lowest BCUT2D eigenvalue weighted by molar-refractivity contribution is -0.109. The lowest BCUT2D eigenvalue weighted by atomic mass is 9.46. The molecule has 4 rings (SSSR count). The second-order valence-electron chi connectivity index (χ2n) is 7.41. The molecule has 0 saturated heterocycles. The fourth-order valence-corrected chi connectivity index (χ4v) is 5.31. The Morgan fingerprint density at radius 2 is 1.44 bits per heavy atom. The van der Waals surface area contributed by atoms with E-state index in [1.807, 2.05) is 13.8 Å². The van der Waals surface area contributed by atoms with E-state index in [4.69, 9.17) is 5.73 Å². The van der Waals surface area contributed by atoms with Gasteiger partial charge in [0.2, 0.25) is 0 Å². The van der Waals surface area contributed by atoms with E-state index in [9.17, 15) is 5.11 Å². The van der Waals surface area contributed by atoms with Crippen molar-refractivity contribution >= 4 is 0 Å². The predicted molar refractivity (Wildman–Crippen MR) is 64.9 cm³/mol. The zero-order valence-corrected chi connectivity index (χ0v) is 10.6. The molecule has 4 aliphatic rings. The third-order valence-electron chi connectivity index (χ3n) is 5.51. The molecular weight excluding hydrogens is 198 g/mol. The number of aliphatic hydroxyl groups is 1. The molecule has 1 atom stereocenters. The van der Waals surface area contributed by atoms with Crippen LogP contribution in [0.4, 0.5) is 0 Å². The van der Waals surface area contributed by atoms with Crippen molar-refractivity contribution < 1.29 is 5.11 Å². The van der Waals surface area contributed by atoms with Gasteiger partial charge in [-0.05, 0) is 75.5 Å². The fourth-order valence-electron chi connectivity index (χ4n) is 5.31. The third kappa shape index (κ3) is 1.53. The smallest absolute Gasteiger partial charge is 0.0747 e. The average Bonchev–Trinajstić information content (AvgIpc) is 2.12. The first-order chi connectivity index (χ1) is 7.39. The van der Waals surface area contributed by atoms with Crippen LogP contribution < -0.4 is 5.73 Å². The maximum absolute atomic E-state index is 10.2. The van der Waals surface area contributed by atoms with Gasteiger partial charge in [0.15, 0.2) is 0 Å². The molecule has 0 aromatic carbocycles. The van der Waals surface area contributed by atoms with Crippen LogP contribution in [0, 0.1) is 23.2 Å². The fraction of sp³-hybridized carbons (Fsp3) is 1.00. The largest absolute Gasteiger partial charge is 0.389 e. The Bertz CT molecular complexity index is 256. The molecule has 3 N–H and O–H groups in total. The van der Waals surface area contributed by atoms with Gasteiger partial charge < -0.3 is 10.8 Å². The van der Waals surface area contributed by atoms with E-state index in [1.54, 1.807) is 0 Å². The Morgan fingerprint density at radius 1 is 1.06 bits per heavy atom. The lowest BCUT2D eigenvalue weighted by Gasteiger charge is -2.60. The van der Waals surface area contributed by atoms with Gasteiger partial charge in [-0.1, -0.05) is 0 Å². The lowest BCUT2D eigenvalue weighted by Crippen LogP contribution is -2.61. The summed E-state index contributed by atoms with van der Waals surface area (Å²) >= 11 is 0. The van der Waals surface area contributed by atoms with Gasteiger partial charge >= 0.3 is 0 Å². The zero-order chi connectivity index (χ0) is 11.6. The Balaban J connectivity index is 1.88. The SMILES string of the molecule is CC(C)(O)C(N)C12CC3CC(CC(C3)C1)C2. The van der Waals surface area contributed by atoms with E-state index >= 15 is 0 Å². The van der Waals surface area contributed by atoms with Crippen molar-refractivity contribution in [2.24, 2.45) is 28.9 Å². The quantitative estimate of drug-likeness (QED) is 0.754. The minimum Gasteiger partial charge on any atom is -0.389 e. The number of hydrogen-bond acceptors (Lipinski definition) is 2. The molecule has 1 unspecified atom stereocenters. The molecule has 2 nitrogen and oxygen atoms in total. The summed E-state index contributed by atoms with van der Waals surface area (Å²) in [6, 6.07) is -0.0339. The maximum Gasteiger partial charge on any atom is 0.0747 e. The molecule has 0 heterocycles. The van der Waals surface area contributed by atoms with Crippen LogP contribution in [0.1, 0.15) is 52.4 Å². The molecule has 4 saturated carbocycles. The van der Waals surface area contributed by atoms with Crippen molar-refractivity contribution in [1.29, 1.82) is 0 Å². The van der Waals surface area contributed by atoms with E-state index in [2.05, 4.69) is 0 Å². The van der Waals surface area contributed by atoms with Crippen molar-refractivity contribution in [3.8, 4) is 0 Å². The van der Waals surface area contributed by atoms with Crippen LogP contribution in [-0.2, 0) is 0 Å². The Morgan fingerprint density at radius 3 is 1.75 bits per heavy atom. The highest BCUT2D eigenvalue weighted by Crippen LogP contribution is 2.61. The van der Waals surface area contributed by atoms with Gasteiger partial charge in [-0.2, -0.15) is 0 Å². The van der Waals surface area contributed by atoms with Gasteiger partial charge in [0.25, 0.3) is 0 Å². The van der Waals surface area contributed by atoms with Gasteiger partial charge in [0.1, 0.15) is 0 Å². The Labute approximate surface area is 98.6 Å². The van der Waals surface area contributed by atoms with Crippen molar-refractivity contribution in [3.05, 3.63) is 0 Å². The molecule has 0 amide bonds. The van der Waals surface area contributed by atoms with Gasteiger partial charge in [0, 0.05) is 6.04 Å². The highest BCUT2D eigenvalue weighted by Gasteiger charge is 2.55. The predicted octanol–water partition coefficient (Wildman–Crippen LogP) is 2.30. The molecule has 2 heteroatoms. The first-order valence-electron chi connectivity index (χ1n) is 6.87. The summed E-state index contributed by atoms with van der Waals surface area (Å²) in [4.78, 5) is 0. The average molecular weight is 223 g/mol. The summed E-state index contributed by atoms with van der Waals surface area (Å²) in [5.74, 6) is 2.75. The first kappa shape index (κ1) is 11.0. The van der Waals surface area contributed by atoms with Crippen molar-refractivity contribution in [1.82, 2.24) is 0 Å². The van der Waals surface area contributed by atoms with Crippen LogP contribution in [0.2, 0.25) is 0 Å². The van der Waals surface area contributed by atoms with Crippen LogP contribution in [0.3, 0.4) is 0 Å². The first-order valence-corrected chi connectivity index (χ1v) is 6.87. The summed E-state index contributed by atoms with van der Waals surface area (Å²) in [7, 11) is 0. The summed E-state index contributed by atoms with van der Waals surface area (Å²) < 4.78 is 0. The molecule has 0 aromatic heterocycles. The molecule has 16 heavy (non-hydrogen) atoms. The van der Waals surface area contributed by atoms with E-state index in [1.165, 1.54) is 38.5 Å². The summed E-state index contributed by atoms with van der Waals surface area (Å²) in [5, 5.41) is 10.2. The van der Waals surface area contributed by atoms with Crippen molar-refractivity contribution in [3.63, 3.8) is 0 Å². The minimum atomic E-state index is -0.717. The zero-order valence-electron chi connectivity index (χ0n) is 10.6. The highest BCUT2D eigenvalue weighted by atomic mass is 16.3. The molecule has 4 bridgehead atoms. The second-order valence-corrected chi connectivity index (χ2v) is 7.41. The van der Waals surface area contributed by atoms with E-state index in [-0.39, 0.29) is 11.5 Å². The van der Waals surface area contributed by atoms with Crippen LogP contribution in [0.25, 0.3) is 0 Å². The number of nitrogens with two attached hydrogens (primary N) is 1. The molecule has 4 aliphatic carbocycles.